The highest BCUT2D eigenvalue weighted by molar-refractivity contribution is 6.04. The zero-order chi connectivity index (χ0) is 23.8. The summed E-state index contributed by atoms with van der Waals surface area (Å²) in [5.41, 5.74) is 2.72. The van der Waals surface area contributed by atoms with Crippen molar-refractivity contribution in [1.82, 2.24) is 19.4 Å². The quantitative estimate of drug-likeness (QED) is 0.406. The van der Waals surface area contributed by atoms with Crippen molar-refractivity contribution in [2.45, 2.75) is 6.92 Å². The molecule has 0 atom stereocenters. The molecule has 34 heavy (non-hydrogen) atoms. The molecular formula is C25H20FN5O3. The van der Waals surface area contributed by atoms with E-state index in [-0.39, 0.29) is 17.0 Å². The number of rotatable bonds is 5. The van der Waals surface area contributed by atoms with Gasteiger partial charge in [0.1, 0.15) is 11.1 Å². The minimum atomic E-state index is -0.667. The van der Waals surface area contributed by atoms with Crippen LogP contribution in [-0.4, -0.2) is 25.3 Å². The highest BCUT2D eigenvalue weighted by Crippen LogP contribution is 2.35. The molecular weight excluding hydrogens is 437 g/mol. The van der Waals surface area contributed by atoms with Crippen LogP contribution in [0.1, 0.15) is 16.1 Å². The third-order valence-electron chi connectivity index (χ3n) is 5.60. The Hall–Kier alpha value is -4.66. The predicted molar refractivity (Wildman–Crippen MR) is 126 cm³/mol. The monoisotopic (exact) mass is 457 g/mol. The molecule has 0 unspecified atom stereocenters. The van der Waals surface area contributed by atoms with Crippen LogP contribution in [0, 0.1) is 12.7 Å². The molecule has 0 spiro atoms. The lowest BCUT2D eigenvalue weighted by atomic mass is 10.1. The first-order valence-electron chi connectivity index (χ1n) is 10.5. The van der Waals surface area contributed by atoms with Crippen LogP contribution in [-0.2, 0) is 7.05 Å². The number of hydrogen-bond donors (Lipinski definition) is 2. The summed E-state index contributed by atoms with van der Waals surface area (Å²) in [7, 11) is 1.63. The maximum Gasteiger partial charge on any atom is 0.277 e. The number of halogens is 1. The number of nitrogens with one attached hydrogen (secondary N) is 2. The largest absolute Gasteiger partial charge is 0.452 e. The van der Waals surface area contributed by atoms with E-state index in [0.717, 1.165) is 17.2 Å². The number of aromatic amines is 1. The lowest BCUT2D eigenvalue weighted by Crippen LogP contribution is -2.20. The van der Waals surface area contributed by atoms with E-state index in [1.54, 1.807) is 30.8 Å². The molecule has 0 aliphatic carbocycles. The Morgan fingerprint density at radius 3 is 2.59 bits per heavy atom. The van der Waals surface area contributed by atoms with Crippen molar-refractivity contribution in [1.29, 1.82) is 0 Å². The second kappa shape index (κ2) is 8.36. The van der Waals surface area contributed by atoms with E-state index >= 15 is 0 Å². The molecule has 2 aromatic carbocycles. The van der Waals surface area contributed by atoms with Crippen LogP contribution in [0.3, 0.4) is 0 Å². The van der Waals surface area contributed by atoms with Crippen LogP contribution in [0.25, 0.3) is 16.6 Å². The number of aryl methyl sites for hydroxylation is 1. The van der Waals surface area contributed by atoms with Gasteiger partial charge in [-0.1, -0.05) is 30.3 Å². The van der Waals surface area contributed by atoms with E-state index in [4.69, 9.17) is 4.74 Å². The van der Waals surface area contributed by atoms with Crippen LogP contribution in [0.4, 0.5) is 10.1 Å². The fourth-order valence-corrected chi connectivity index (χ4v) is 3.81. The zero-order valence-corrected chi connectivity index (χ0v) is 18.4. The molecule has 5 rings (SSSR count). The minimum absolute atomic E-state index is 0.0138. The van der Waals surface area contributed by atoms with Gasteiger partial charge in [0, 0.05) is 42.3 Å². The number of carbonyl (C=O) groups is 1. The van der Waals surface area contributed by atoms with Gasteiger partial charge in [0.15, 0.2) is 17.3 Å². The summed E-state index contributed by atoms with van der Waals surface area (Å²) < 4.78 is 24.0. The summed E-state index contributed by atoms with van der Waals surface area (Å²) >= 11 is 0. The van der Waals surface area contributed by atoms with Crippen LogP contribution in [0.5, 0.6) is 11.5 Å². The first-order chi connectivity index (χ1) is 16.4. The summed E-state index contributed by atoms with van der Waals surface area (Å²) in [5.74, 6) is -0.871. The normalized spacial score (nSPS) is 11.0. The number of anilines is 1. The van der Waals surface area contributed by atoms with E-state index in [0.29, 0.717) is 17.0 Å². The highest BCUT2D eigenvalue weighted by atomic mass is 19.1. The number of carbonyl (C=O) groups excluding carboxylic acids is 1. The lowest BCUT2D eigenvalue weighted by molar-refractivity contribution is 0.102. The fourth-order valence-electron chi connectivity index (χ4n) is 3.81. The summed E-state index contributed by atoms with van der Waals surface area (Å²) in [6.07, 6.45) is 3.39. The molecule has 8 nitrogen and oxygen atoms in total. The second-order valence-electron chi connectivity index (χ2n) is 7.75. The Bertz CT molecular complexity index is 1580. The first kappa shape index (κ1) is 21.2. The second-order valence-corrected chi connectivity index (χ2v) is 7.75. The number of ether oxygens (including phenoxy) is 1. The Kier molecular flexibility index (Phi) is 5.21. The molecule has 0 saturated heterocycles. The van der Waals surface area contributed by atoms with Gasteiger partial charge in [0.2, 0.25) is 0 Å². The van der Waals surface area contributed by atoms with Gasteiger partial charge in [0.05, 0.1) is 6.20 Å². The summed E-state index contributed by atoms with van der Waals surface area (Å²) in [4.78, 5) is 24.5. The number of nitrogens with zero attached hydrogens (tertiary/aromatic N) is 3. The molecule has 0 aliphatic heterocycles. The molecule has 0 saturated carbocycles. The molecule has 9 heteroatoms. The van der Waals surface area contributed by atoms with Crippen molar-refractivity contribution in [3.63, 3.8) is 0 Å². The summed E-state index contributed by atoms with van der Waals surface area (Å²) in [5, 5.41) is 9.39. The average molecular weight is 457 g/mol. The number of aromatic nitrogens is 4. The van der Waals surface area contributed by atoms with Gasteiger partial charge in [-0.25, -0.2) is 8.91 Å². The van der Waals surface area contributed by atoms with E-state index in [9.17, 15) is 14.0 Å². The van der Waals surface area contributed by atoms with Gasteiger partial charge in [-0.05, 0) is 30.7 Å². The molecule has 3 aromatic heterocycles. The first-order valence-corrected chi connectivity index (χ1v) is 10.5. The van der Waals surface area contributed by atoms with Crippen molar-refractivity contribution < 1.29 is 13.9 Å². The molecule has 5 aromatic rings. The maximum absolute atomic E-state index is 14.9. The molecule has 0 radical (unpaired) electrons. The van der Waals surface area contributed by atoms with Crippen molar-refractivity contribution in [3.8, 4) is 22.6 Å². The zero-order valence-electron chi connectivity index (χ0n) is 18.4. The minimum Gasteiger partial charge on any atom is -0.452 e. The van der Waals surface area contributed by atoms with Gasteiger partial charge < -0.3 is 10.1 Å². The molecule has 1 amide bonds. The standard InChI is InChI=1S/C25H20FN5O3/c1-15-22(25(33)29-30(15)2)24(32)28-17-8-9-20(19(26)14-17)34-21-10-12-27-31-13-11-18(23(21)31)16-6-4-3-5-7-16/h3-14H,1-2H3,(H,28,32)(H,29,33). The smallest absolute Gasteiger partial charge is 0.277 e. The van der Waals surface area contributed by atoms with Crippen LogP contribution in [0.2, 0.25) is 0 Å². The average Bonchev–Trinajstić information content (AvgIpc) is 3.37. The Balaban J connectivity index is 1.44. The summed E-state index contributed by atoms with van der Waals surface area (Å²) in [6.45, 7) is 1.64. The van der Waals surface area contributed by atoms with Crippen LogP contribution < -0.4 is 15.6 Å². The van der Waals surface area contributed by atoms with E-state index in [1.165, 1.54) is 16.8 Å². The number of benzene rings is 2. The summed E-state index contributed by atoms with van der Waals surface area (Å²) in [6, 6.07) is 17.4. The third kappa shape index (κ3) is 3.73. The van der Waals surface area contributed by atoms with Crippen LogP contribution >= 0.6 is 0 Å². The van der Waals surface area contributed by atoms with E-state index in [1.807, 2.05) is 42.6 Å². The van der Waals surface area contributed by atoms with Crippen molar-refractivity contribution >= 4 is 17.1 Å². The Labute approximate surface area is 193 Å². The maximum atomic E-state index is 14.9. The highest BCUT2D eigenvalue weighted by Gasteiger charge is 2.19. The molecule has 0 fully saturated rings. The number of hydrogen-bond acceptors (Lipinski definition) is 4. The molecule has 170 valence electrons. The Morgan fingerprint density at radius 1 is 1.09 bits per heavy atom. The third-order valence-corrected chi connectivity index (χ3v) is 5.60. The van der Waals surface area contributed by atoms with Crippen molar-refractivity contribution in [3.05, 3.63) is 100 Å². The fraction of sp³-hybridized carbons (Fsp3) is 0.0800. The molecule has 3 heterocycles. The van der Waals surface area contributed by atoms with Gasteiger partial charge in [0.25, 0.3) is 11.5 Å². The molecule has 2 N–H and O–H groups in total. The van der Waals surface area contributed by atoms with Crippen molar-refractivity contribution in [2.24, 2.45) is 7.05 Å². The van der Waals surface area contributed by atoms with Crippen LogP contribution in [0.15, 0.2) is 77.9 Å². The van der Waals surface area contributed by atoms with Gasteiger partial charge in [-0.15, -0.1) is 0 Å². The lowest BCUT2D eigenvalue weighted by Gasteiger charge is -2.11. The molecule has 0 bridgehead atoms. The number of amides is 1. The topological polar surface area (TPSA) is 93.4 Å². The van der Waals surface area contributed by atoms with Crippen molar-refractivity contribution in [2.75, 3.05) is 5.32 Å². The Morgan fingerprint density at radius 2 is 1.88 bits per heavy atom. The van der Waals surface area contributed by atoms with Gasteiger partial charge >= 0.3 is 0 Å². The van der Waals surface area contributed by atoms with Gasteiger partial charge in [-0.3, -0.25) is 19.4 Å². The molecule has 0 aliphatic rings. The SMILES string of the molecule is Cc1c(C(=O)Nc2ccc(Oc3ccnn4ccc(-c5ccccc5)c34)c(F)c2)c(=O)[nH]n1C. The van der Waals surface area contributed by atoms with E-state index in [2.05, 4.69) is 15.5 Å². The van der Waals surface area contributed by atoms with Gasteiger partial charge in [-0.2, -0.15) is 5.10 Å². The number of H-pyrrole nitrogens is 1. The van der Waals surface area contributed by atoms with E-state index < -0.39 is 17.3 Å². The predicted octanol–water partition coefficient (Wildman–Crippen LogP) is 4.52. The number of fused-ring (bicyclic) bond motifs is 1.